The van der Waals surface area contributed by atoms with Crippen molar-refractivity contribution in [1.29, 1.82) is 0 Å². The number of nitrogens with zero attached hydrogens (tertiary/aromatic N) is 3. The molecule has 0 aliphatic carbocycles. The molecule has 0 spiro atoms. The molecular formula is C23H23N3O4S2. The van der Waals surface area contributed by atoms with Crippen molar-refractivity contribution in [2.75, 3.05) is 14.2 Å². The van der Waals surface area contributed by atoms with Gasteiger partial charge in [-0.1, -0.05) is 18.2 Å². The Hall–Kier alpha value is -3.04. The van der Waals surface area contributed by atoms with E-state index in [1.807, 2.05) is 42.5 Å². The third-order valence-electron chi connectivity index (χ3n) is 5.47. The fourth-order valence-corrected chi connectivity index (χ4v) is 5.09. The predicted octanol–water partition coefficient (Wildman–Crippen LogP) is 4.53. The van der Waals surface area contributed by atoms with Crippen molar-refractivity contribution in [2.45, 2.75) is 16.6 Å². The summed E-state index contributed by atoms with van der Waals surface area (Å²) >= 11 is 6.92. The Morgan fingerprint density at radius 1 is 1.09 bits per heavy atom. The van der Waals surface area contributed by atoms with Gasteiger partial charge in [-0.2, -0.15) is 0 Å². The molecule has 1 unspecified atom stereocenters. The molecule has 0 bridgehead atoms. The number of aromatic nitrogens is 2. The van der Waals surface area contributed by atoms with Gasteiger partial charge in [0.15, 0.2) is 16.3 Å². The number of para-hydroxylation sites is 1. The van der Waals surface area contributed by atoms with Crippen LogP contribution in [-0.4, -0.2) is 34.2 Å². The number of rotatable bonds is 4. The van der Waals surface area contributed by atoms with Gasteiger partial charge in [-0.15, -0.1) is 11.8 Å². The zero-order valence-corrected chi connectivity index (χ0v) is 19.8. The van der Waals surface area contributed by atoms with E-state index < -0.39 is 0 Å². The zero-order chi connectivity index (χ0) is 23.0. The Kier molecular flexibility index (Phi) is 6.12. The lowest BCUT2D eigenvalue weighted by atomic mass is 10.0. The van der Waals surface area contributed by atoms with E-state index in [0.717, 1.165) is 16.1 Å². The van der Waals surface area contributed by atoms with Crippen LogP contribution in [0.25, 0.3) is 0 Å². The standard InChI is InChI=1S/C23H23N3O4S2/c1-25-21(27)20(22(28)26(2)23(25)31)15-12-19(32-18-8-6-5-7-14(18)24-15)13-9-10-16(29-3)17(11-13)30-4/h5-11,19,27H,12H2,1-4H3. The number of fused-ring (bicyclic) bond motifs is 1. The Balaban J connectivity index is 1.91. The van der Waals surface area contributed by atoms with Crippen LogP contribution in [0.4, 0.5) is 5.69 Å². The molecule has 9 heteroatoms. The van der Waals surface area contributed by atoms with Gasteiger partial charge >= 0.3 is 0 Å². The highest BCUT2D eigenvalue weighted by molar-refractivity contribution is 7.99. The van der Waals surface area contributed by atoms with E-state index in [4.69, 9.17) is 26.7 Å². The summed E-state index contributed by atoms with van der Waals surface area (Å²) in [5.41, 5.74) is 2.04. The van der Waals surface area contributed by atoms with Crippen LogP contribution in [0.3, 0.4) is 0 Å². The van der Waals surface area contributed by atoms with Crippen molar-refractivity contribution < 1.29 is 14.6 Å². The lowest BCUT2D eigenvalue weighted by molar-refractivity contribution is 0.354. The maximum atomic E-state index is 13.1. The molecule has 1 aromatic heterocycles. The largest absolute Gasteiger partial charge is 0.494 e. The lowest BCUT2D eigenvalue weighted by Gasteiger charge is -2.19. The highest BCUT2D eigenvalue weighted by Crippen LogP contribution is 2.47. The number of benzene rings is 2. The smallest absolute Gasteiger partial charge is 0.267 e. The summed E-state index contributed by atoms with van der Waals surface area (Å²) in [6, 6.07) is 13.6. The summed E-state index contributed by atoms with van der Waals surface area (Å²) in [4.78, 5) is 18.9. The zero-order valence-electron chi connectivity index (χ0n) is 18.2. The first-order valence-electron chi connectivity index (χ1n) is 9.90. The molecule has 1 N–H and O–H groups in total. The van der Waals surface area contributed by atoms with Crippen molar-refractivity contribution in [3.8, 4) is 17.4 Å². The minimum Gasteiger partial charge on any atom is -0.494 e. The Labute approximate surface area is 195 Å². The number of thioether (sulfide) groups is 1. The SMILES string of the molecule is COc1ccc(C2CC(c3c(O)n(C)c(=S)n(C)c3=O)=Nc3ccccc3S2)cc1OC. The first-order valence-corrected chi connectivity index (χ1v) is 11.2. The molecule has 0 fully saturated rings. The van der Waals surface area contributed by atoms with Crippen molar-refractivity contribution in [1.82, 2.24) is 9.13 Å². The van der Waals surface area contributed by atoms with Crippen LogP contribution in [0.2, 0.25) is 0 Å². The fraction of sp³-hybridized carbons (Fsp3) is 0.261. The van der Waals surface area contributed by atoms with Gasteiger partial charge in [-0.05, 0) is 42.0 Å². The minimum absolute atomic E-state index is 0.0743. The van der Waals surface area contributed by atoms with Crippen molar-refractivity contribution in [2.24, 2.45) is 19.1 Å². The summed E-state index contributed by atoms with van der Waals surface area (Å²) in [6.45, 7) is 0. The molecule has 1 aliphatic heterocycles. The van der Waals surface area contributed by atoms with Gasteiger partial charge in [-0.3, -0.25) is 18.9 Å². The van der Waals surface area contributed by atoms with E-state index in [2.05, 4.69) is 0 Å². The molecule has 32 heavy (non-hydrogen) atoms. The fourth-order valence-electron chi connectivity index (χ4n) is 3.69. The highest BCUT2D eigenvalue weighted by atomic mass is 32.2. The second-order valence-electron chi connectivity index (χ2n) is 7.36. The van der Waals surface area contributed by atoms with E-state index in [1.165, 1.54) is 9.13 Å². The van der Waals surface area contributed by atoms with Crippen LogP contribution in [0, 0.1) is 4.77 Å². The summed E-state index contributed by atoms with van der Waals surface area (Å²) in [7, 11) is 6.42. The average Bonchev–Trinajstić information content (AvgIpc) is 3.00. The number of hydrogen-bond acceptors (Lipinski definition) is 7. The summed E-state index contributed by atoms with van der Waals surface area (Å²) in [6.07, 6.45) is 0.425. The van der Waals surface area contributed by atoms with E-state index in [1.54, 1.807) is 40.1 Å². The number of ether oxygens (including phenoxy) is 2. The van der Waals surface area contributed by atoms with E-state index in [-0.39, 0.29) is 27.0 Å². The molecule has 0 amide bonds. The van der Waals surface area contributed by atoms with Gasteiger partial charge in [0.2, 0.25) is 5.88 Å². The maximum Gasteiger partial charge on any atom is 0.267 e. The van der Waals surface area contributed by atoms with Crippen LogP contribution in [0.15, 0.2) is 57.1 Å². The van der Waals surface area contributed by atoms with Crippen LogP contribution >= 0.6 is 24.0 Å². The van der Waals surface area contributed by atoms with Crippen LogP contribution < -0.4 is 15.0 Å². The van der Waals surface area contributed by atoms with E-state index in [0.29, 0.717) is 23.6 Å². The number of methoxy groups -OCH3 is 2. The van der Waals surface area contributed by atoms with Gasteiger partial charge in [-0.25, -0.2) is 0 Å². The Morgan fingerprint density at radius 3 is 2.53 bits per heavy atom. The Bertz CT molecular complexity index is 1340. The van der Waals surface area contributed by atoms with Crippen LogP contribution in [-0.2, 0) is 14.1 Å². The summed E-state index contributed by atoms with van der Waals surface area (Å²) in [5.74, 6) is 1.08. The van der Waals surface area contributed by atoms with Gasteiger partial charge in [0.05, 0.1) is 25.6 Å². The molecule has 2 aromatic carbocycles. The molecule has 4 rings (SSSR count). The first kappa shape index (κ1) is 22.2. The molecular weight excluding hydrogens is 446 g/mol. The molecule has 1 aliphatic rings. The quantitative estimate of drug-likeness (QED) is 0.566. The molecule has 7 nitrogen and oxygen atoms in total. The number of aromatic hydroxyl groups is 1. The van der Waals surface area contributed by atoms with Gasteiger partial charge in [0.1, 0.15) is 5.56 Å². The van der Waals surface area contributed by atoms with Gasteiger partial charge < -0.3 is 14.6 Å². The molecule has 0 saturated carbocycles. The monoisotopic (exact) mass is 469 g/mol. The average molecular weight is 470 g/mol. The number of aliphatic imine (C=N–C) groups is 1. The van der Waals surface area contributed by atoms with Crippen molar-refractivity contribution >= 4 is 35.4 Å². The Morgan fingerprint density at radius 2 is 1.81 bits per heavy atom. The number of hydrogen-bond donors (Lipinski definition) is 1. The summed E-state index contributed by atoms with van der Waals surface area (Å²) < 4.78 is 13.9. The summed E-state index contributed by atoms with van der Waals surface area (Å²) in [5, 5.41) is 10.8. The molecule has 3 aromatic rings. The van der Waals surface area contributed by atoms with E-state index >= 15 is 0 Å². The molecule has 2 heterocycles. The third-order valence-corrected chi connectivity index (χ3v) is 7.34. The first-order chi connectivity index (χ1) is 15.3. The maximum absolute atomic E-state index is 13.1. The second-order valence-corrected chi connectivity index (χ2v) is 8.97. The molecule has 166 valence electrons. The van der Waals surface area contributed by atoms with Crippen molar-refractivity contribution in [3.05, 3.63) is 68.7 Å². The van der Waals surface area contributed by atoms with Gasteiger partial charge in [0, 0.05) is 30.7 Å². The minimum atomic E-state index is -0.375. The molecule has 1 atom stereocenters. The van der Waals surface area contributed by atoms with Gasteiger partial charge in [0.25, 0.3) is 5.56 Å². The molecule has 0 radical (unpaired) electrons. The van der Waals surface area contributed by atoms with Crippen molar-refractivity contribution in [3.63, 3.8) is 0 Å². The lowest BCUT2D eigenvalue weighted by Crippen LogP contribution is -2.29. The topological polar surface area (TPSA) is 78.0 Å². The normalized spacial score (nSPS) is 15.5. The third kappa shape index (κ3) is 3.82. The van der Waals surface area contributed by atoms with Crippen LogP contribution in [0.5, 0.6) is 17.4 Å². The predicted molar refractivity (Wildman–Crippen MR) is 129 cm³/mol. The van der Waals surface area contributed by atoms with Crippen LogP contribution in [0.1, 0.15) is 22.8 Å². The van der Waals surface area contributed by atoms with E-state index in [9.17, 15) is 9.90 Å². The molecule has 0 saturated heterocycles. The highest BCUT2D eigenvalue weighted by Gasteiger charge is 2.27. The second kappa shape index (κ2) is 8.84.